The molecule has 4 nitrogen and oxygen atoms in total. The Morgan fingerprint density at radius 1 is 1.04 bits per heavy atom. The predicted molar refractivity (Wildman–Crippen MR) is 83.8 cm³/mol. The number of nitrogens with zero attached hydrogens (tertiary/aromatic N) is 4. The molecule has 2 heterocycles. The largest absolute Gasteiger partial charge is 0.416 e. The van der Waals surface area contributed by atoms with Crippen LogP contribution in [0.1, 0.15) is 23.5 Å². The van der Waals surface area contributed by atoms with Crippen LogP contribution in [-0.4, -0.2) is 19.5 Å². The second-order valence-corrected chi connectivity index (χ2v) is 5.75. The Balaban J connectivity index is 1.98. The van der Waals surface area contributed by atoms with Gasteiger partial charge in [-0.3, -0.25) is 0 Å². The van der Waals surface area contributed by atoms with Gasteiger partial charge >= 0.3 is 6.18 Å². The lowest BCUT2D eigenvalue weighted by molar-refractivity contribution is -0.137. The van der Waals surface area contributed by atoms with Crippen molar-refractivity contribution in [2.24, 2.45) is 0 Å². The molecule has 3 aromatic rings. The number of aromatic nitrogens is 4. The lowest BCUT2D eigenvalue weighted by atomic mass is 10.1. The maximum absolute atomic E-state index is 13.0. The van der Waals surface area contributed by atoms with Gasteiger partial charge in [-0.1, -0.05) is 23.7 Å². The summed E-state index contributed by atoms with van der Waals surface area (Å²) in [5, 5.41) is 0.315. The minimum atomic E-state index is -4.49. The summed E-state index contributed by atoms with van der Waals surface area (Å²) in [6.45, 7) is 0.00719. The normalized spacial score (nSPS) is 12.0. The molecule has 0 aliphatic rings. The molecule has 0 saturated heterocycles. The summed E-state index contributed by atoms with van der Waals surface area (Å²) in [5.41, 5.74) is -1.07. The van der Waals surface area contributed by atoms with E-state index < -0.39 is 23.9 Å². The van der Waals surface area contributed by atoms with Crippen LogP contribution in [0.4, 0.5) is 22.0 Å². The Labute approximate surface area is 149 Å². The summed E-state index contributed by atoms with van der Waals surface area (Å²) in [5.74, 6) is 0.383. The summed E-state index contributed by atoms with van der Waals surface area (Å²) in [6.07, 6.45) is -3.48. The van der Waals surface area contributed by atoms with E-state index in [4.69, 9.17) is 11.6 Å². The van der Waals surface area contributed by atoms with Crippen molar-refractivity contribution >= 4 is 11.6 Å². The first kappa shape index (κ1) is 18.2. The first-order valence-electron chi connectivity index (χ1n) is 7.23. The summed E-state index contributed by atoms with van der Waals surface area (Å²) in [7, 11) is 0. The van der Waals surface area contributed by atoms with E-state index in [0.29, 0.717) is 10.8 Å². The molecular formula is C16H10ClF5N4. The van der Waals surface area contributed by atoms with Crippen LogP contribution >= 0.6 is 11.6 Å². The van der Waals surface area contributed by atoms with Gasteiger partial charge in [0.05, 0.1) is 17.1 Å². The van der Waals surface area contributed by atoms with Crippen LogP contribution in [-0.2, 0) is 12.7 Å². The van der Waals surface area contributed by atoms with E-state index in [1.807, 2.05) is 0 Å². The van der Waals surface area contributed by atoms with Gasteiger partial charge in [0.2, 0.25) is 0 Å². The van der Waals surface area contributed by atoms with E-state index in [2.05, 4.69) is 15.0 Å². The highest BCUT2D eigenvalue weighted by Crippen LogP contribution is 2.31. The third-order valence-corrected chi connectivity index (χ3v) is 3.67. The van der Waals surface area contributed by atoms with E-state index >= 15 is 0 Å². The van der Waals surface area contributed by atoms with Crippen LogP contribution in [0, 0.1) is 0 Å². The fraction of sp³-hybridized carbons (Fsp3) is 0.188. The molecule has 10 heteroatoms. The highest BCUT2D eigenvalue weighted by atomic mass is 35.5. The maximum atomic E-state index is 13.0. The van der Waals surface area contributed by atoms with Crippen molar-refractivity contribution in [3.05, 3.63) is 65.0 Å². The highest BCUT2D eigenvalue weighted by Gasteiger charge is 2.30. The molecule has 0 aliphatic carbocycles. The van der Waals surface area contributed by atoms with Crippen molar-refractivity contribution in [1.82, 2.24) is 19.5 Å². The smallest absolute Gasteiger partial charge is 0.323 e. The van der Waals surface area contributed by atoms with E-state index in [1.165, 1.54) is 29.1 Å². The van der Waals surface area contributed by atoms with Crippen LogP contribution in [0.2, 0.25) is 5.02 Å². The molecule has 3 rings (SSSR count). The molecule has 1 aromatic carbocycles. The van der Waals surface area contributed by atoms with Crippen molar-refractivity contribution < 1.29 is 22.0 Å². The number of alkyl halides is 5. The van der Waals surface area contributed by atoms with Gasteiger partial charge in [0, 0.05) is 24.2 Å². The van der Waals surface area contributed by atoms with E-state index in [-0.39, 0.29) is 17.9 Å². The Morgan fingerprint density at radius 2 is 1.65 bits per heavy atom. The van der Waals surface area contributed by atoms with Gasteiger partial charge in [-0.05, 0) is 12.1 Å². The Bertz CT molecular complexity index is 888. The Hall–Kier alpha value is -2.55. The first-order chi connectivity index (χ1) is 12.2. The van der Waals surface area contributed by atoms with Gasteiger partial charge in [-0.2, -0.15) is 13.2 Å². The zero-order valence-electron chi connectivity index (χ0n) is 12.9. The van der Waals surface area contributed by atoms with Crippen LogP contribution in [0.15, 0.2) is 42.9 Å². The van der Waals surface area contributed by atoms with E-state index in [9.17, 15) is 22.0 Å². The van der Waals surface area contributed by atoms with Crippen molar-refractivity contribution in [1.29, 1.82) is 0 Å². The highest BCUT2D eigenvalue weighted by molar-refractivity contribution is 6.30. The Morgan fingerprint density at radius 3 is 2.19 bits per heavy atom. The molecule has 0 unspecified atom stereocenters. The monoisotopic (exact) mass is 388 g/mol. The minimum absolute atomic E-state index is 0.00719. The van der Waals surface area contributed by atoms with Crippen LogP contribution in [0.3, 0.4) is 0 Å². The number of hydrogen-bond donors (Lipinski definition) is 0. The third kappa shape index (κ3) is 3.98. The summed E-state index contributed by atoms with van der Waals surface area (Å²) < 4.78 is 65.4. The van der Waals surface area contributed by atoms with Crippen molar-refractivity contribution in [2.75, 3.05) is 0 Å². The number of imidazole rings is 1. The molecule has 0 fully saturated rings. The second kappa shape index (κ2) is 6.99. The zero-order chi connectivity index (χ0) is 18.9. The number of benzene rings is 1. The summed E-state index contributed by atoms with van der Waals surface area (Å²) in [6, 6.07) is 4.10. The molecule has 136 valence electrons. The molecule has 0 amide bonds. The molecular weight excluding hydrogens is 379 g/mol. The fourth-order valence-electron chi connectivity index (χ4n) is 2.27. The molecule has 2 aromatic heterocycles. The average molecular weight is 389 g/mol. The van der Waals surface area contributed by atoms with Gasteiger partial charge in [0.25, 0.3) is 6.43 Å². The predicted octanol–water partition coefficient (Wildman–Crippen LogP) is 5.00. The molecule has 0 N–H and O–H groups in total. The van der Waals surface area contributed by atoms with Gasteiger partial charge in [-0.15, -0.1) is 0 Å². The van der Waals surface area contributed by atoms with Crippen molar-refractivity contribution in [2.45, 2.75) is 19.1 Å². The maximum Gasteiger partial charge on any atom is 0.416 e. The van der Waals surface area contributed by atoms with E-state index in [0.717, 1.165) is 18.3 Å². The SMILES string of the molecule is FC(F)c1cn(Cc2ncc(Cl)cn2)c(-c2ccc(C(F)(F)F)cc2)n1. The fourth-order valence-corrected chi connectivity index (χ4v) is 2.37. The van der Waals surface area contributed by atoms with Gasteiger partial charge < -0.3 is 4.57 Å². The molecule has 0 saturated carbocycles. The molecule has 0 atom stereocenters. The molecule has 0 spiro atoms. The minimum Gasteiger partial charge on any atom is -0.323 e. The van der Waals surface area contributed by atoms with Gasteiger partial charge in [-0.25, -0.2) is 23.7 Å². The summed E-state index contributed by atoms with van der Waals surface area (Å²) >= 11 is 5.70. The number of rotatable bonds is 4. The lowest BCUT2D eigenvalue weighted by Gasteiger charge is -2.09. The zero-order valence-corrected chi connectivity index (χ0v) is 13.6. The van der Waals surface area contributed by atoms with Crippen molar-refractivity contribution in [3.63, 3.8) is 0 Å². The lowest BCUT2D eigenvalue weighted by Crippen LogP contribution is -2.06. The van der Waals surface area contributed by atoms with Crippen LogP contribution in [0.25, 0.3) is 11.4 Å². The number of hydrogen-bond acceptors (Lipinski definition) is 3. The average Bonchev–Trinajstić information content (AvgIpc) is 3.00. The molecule has 26 heavy (non-hydrogen) atoms. The van der Waals surface area contributed by atoms with Crippen LogP contribution in [0.5, 0.6) is 0 Å². The quantitative estimate of drug-likeness (QED) is 0.591. The standard InChI is InChI=1S/C16H10ClF5N4/c17-11-5-23-13(24-6-11)8-26-7-12(14(18)19)25-15(26)9-1-3-10(4-2-9)16(20,21)22/h1-7,14H,8H2. The van der Waals surface area contributed by atoms with Crippen LogP contribution < -0.4 is 0 Å². The molecule has 0 bridgehead atoms. The first-order valence-corrected chi connectivity index (χ1v) is 7.61. The third-order valence-electron chi connectivity index (χ3n) is 3.47. The molecule has 0 aliphatic heterocycles. The molecule has 0 radical (unpaired) electrons. The van der Waals surface area contributed by atoms with Gasteiger partial charge in [0.15, 0.2) is 0 Å². The van der Waals surface area contributed by atoms with E-state index in [1.54, 1.807) is 0 Å². The number of halogens is 6. The van der Waals surface area contributed by atoms with Gasteiger partial charge in [0.1, 0.15) is 17.3 Å². The summed E-state index contributed by atoms with van der Waals surface area (Å²) in [4.78, 5) is 11.8. The van der Waals surface area contributed by atoms with Crippen molar-refractivity contribution in [3.8, 4) is 11.4 Å². The second-order valence-electron chi connectivity index (χ2n) is 5.31. The Kier molecular flexibility index (Phi) is 4.90. The topological polar surface area (TPSA) is 43.6 Å².